The number of hydrogen-bond donors (Lipinski definition) is 0. The van der Waals surface area contributed by atoms with E-state index >= 15 is 0 Å². The van der Waals surface area contributed by atoms with E-state index in [2.05, 4.69) is 6.92 Å². The summed E-state index contributed by atoms with van der Waals surface area (Å²) in [4.78, 5) is 0. The Balaban J connectivity index is 3.01. The van der Waals surface area contributed by atoms with Gasteiger partial charge in [-0.25, -0.2) is 0 Å². The Morgan fingerprint density at radius 1 is 1.50 bits per heavy atom. The molecule has 0 amide bonds. The smallest absolute Gasteiger partial charge is 0.0763 e. The number of hydrogen-bond acceptors (Lipinski definition) is 0. The lowest BCUT2D eigenvalue weighted by Gasteiger charge is -2.12. The highest BCUT2D eigenvalue weighted by atomic mass is 35.5. The second-order valence-corrected chi connectivity index (χ2v) is 3.45. The fourth-order valence-corrected chi connectivity index (χ4v) is 1.50. The van der Waals surface area contributed by atoms with Gasteiger partial charge in [0.15, 0.2) is 0 Å². The fourth-order valence-electron chi connectivity index (χ4n) is 1.28. The summed E-state index contributed by atoms with van der Waals surface area (Å²) in [6.45, 7) is 4.12. The van der Waals surface area contributed by atoms with Gasteiger partial charge < -0.3 is 0 Å². The summed E-state index contributed by atoms with van der Waals surface area (Å²) in [6.07, 6.45) is 0.961. The van der Waals surface area contributed by atoms with Crippen molar-refractivity contribution >= 4 is 19.4 Å². The van der Waals surface area contributed by atoms with Crippen molar-refractivity contribution in [3.63, 3.8) is 0 Å². The summed E-state index contributed by atoms with van der Waals surface area (Å²) < 4.78 is 0. The van der Waals surface area contributed by atoms with E-state index in [1.807, 2.05) is 25.1 Å². The van der Waals surface area contributed by atoms with Crippen LogP contribution in [0.2, 0.25) is 5.02 Å². The van der Waals surface area contributed by atoms with Gasteiger partial charge in [0.2, 0.25) is 0 Å². The van der Waals surface area contributed by atoms with Crippen LogP contribution in [0, 0.1) is 6.92 Å². The van der Waals surface area contributed by atoms with Crippen LogP contribution in [0.25, 0.3) is 0 Å². The van der Waals surface area contributed by atoms with E-state index in [1.54, 1.807) is 0 Å². The summed E-state index contributed by atoms with van der Waals surface area (Å²) in [5.74, 6) is 0.141. The van der Waals surface area contributed by atoms with Crippen molar-refractivity contribution in [3.8, 4) is 0 Å². The summed E-state index contributed by atoms with van der Waals surface area (Å²) in [7, 11) is 5.90. The van der Waals surface area contributed by atoms with E-state index in [4.69, 9.17) is 19.4 Å². The minimum atomic E-state index is 0.141. The first-order chi connectivity index (χ1) is 5.65. The highest BCUT2D eigenvalue weighted by Crippen LogP contribution is 2.22. The predicted molar refractivity (Wildman–Crippen MR) is 55.0 cm³/mol. The Morgan fingerprint density at radius 2 is 2.17 bits per heavy atom. The van der Waals surface area contributed by atoms with E-state index in [0.717, 1.165) is 11.4 Å². The van der Waals surface area contributed by atoms with Gasteiger partial charge in [-0.3, -0.25) is 0 Å². The second kappa shape index (κ2) is 4.00. The summed E-state index contributed by atoms with van der Waals surface area (Å²) in [5, 5.41) is 0.777. The van der Waals surface area contributed by atoms with Gasteiger partial charge in [-0.1, -0.05) is 42.4 Å². The normalized spacial score (nSPS) is 12.9. The molecule has 2 heteroatoms. The van der Waals surface area contributed by atoms with Crippen molar-refractivity contribution in [2.24, 2.45) is 0 Å². The molecule has 0 spiro atoms. The Bertz CT molecular complexity index is 271. The molecular weight excluding hydrogens is 166 g/mol. The van der Waals surface area contributed by atoms with Crippen molar-refractivity contribution < 1.29 is 0 Å². The molecule has 62 valence electrons. The van der Waals surface area contributed by atoms with Crippen LogP contribution < -0.4 is 0 Å². The summed E-state index contributed by atoms with van der Waals surface area (Å²) in [6, 6.07) is 5.84. The van der Waals surface area contributed by atoms with Crippen LogP contribution in [0.15, 0.2) is 18.2 Å². The molecule has 0 bridgehead atoms. The summed E-state index contributed by atoms with van der Waals surface area (Å²) >= 11 is 5.82. The molecule has 1 aromatic rings. The standard InChI is InChI=1S/C10H12BCl/c1-3-10(11)9-5-4-8(12)6-7(9)2/h4-6,10H,3H2,1-2H3. The van der Waals surface area contributed by atoms with Crippen LogP contribution in [0.3, 0.4) is 0 Å². The number of rotatable bonds is 2. The molecular formula is C10H12BCl. The number of halogens is 1. The monoisotopic (exact) mass is 178 g/mol. The number of aryl methyl sites for hydroxylation is 1. The van der Waals surface area contributed by atoms with Crippen molar-refractivity contribution in [1.82, 2.24) is 0 Å². The maximum absolute atomic E-state index is 5.90. The molecule has 0 aromatic heterocycles. The van der Waals surface area contributed by atoms with Crippen LogP contribution in [0.1, 0.15) is 30.3 Å². The molecule has 1 atom stereocenters. The third-order valence-electron chi connectivity index (χ3n) is 2.07. The molecule has 1 aromatic carbocycles. The van der Waals surface area contributed by atoms with Crippen LogP contribution in [-0.2, 0) is 0 Å². The maximum Gasteiger partial charge on any atom is 0.0763 e. The van der Waals surface area contributed by atoms with Gasteiger partial charge in [-0.05, 0) is 24.6 Å². The lowest BCUT2D eigenvalue weighted by Crippen LogP contribution is -1.98. The van der Waals surface area contributed by atoms with Crippen LogP contribution in [-0.4, -0.2) is 7.85 Å². The van der Waals surface area contributed by atoms with E-state index < -0.39 is 0 Å². The Labute approximate surface area is 80.3 Å². The SMILES string of the molecule is [B]C(CC)c1ccc(Cl)cc1C. The first kappa shape index (κ1) is 9.66. The van der Waals surface area contributed by atoms with Crippen molar-refractivity contribution in [3.05, 3.63) is 34.3 Å². The third kappa shape index (κ3) is 2.04. The molecule has 0 aliphatic carbocycles. The quantitative estimate of drug-likeness (QED) is 0.610. The van der Waals surface area contributed by atoms with E-state index in [-0.39, 0.29) is 5.82 Å². The van der Waals surface area contributed by atoms with Crippen molar-refractivity contribution in [1.29, 1.82) is 0 Å². The van der Waals surface area contributed by atoms with Gasteiger partial charge in [0.05, 0.1) is 7.85 Å². The van der Waals surface area contributed by atoms with Crippen LogP contribution in [0.4, 0.5) is 0 Å². The first-order valence-corrected chi connectivity index (χ1v) is 4.54. The van der Waals surface area contributed by atoms with Gasteiger partial charge in [0.1, 0.15) is 0 Å². The number of benzene rings is 1. The molecule has 0 saturated carbocycles. The van der Waals surface area contributed by atoms with Gasteiger partial charge in [-0.2, -0.15) is 0 Å². The van der Waals surface area contributed by atoms with Gasteiger partial charge in [-0.15, -0.1) is 0 Å². The molecule has 0 aliphatic rings. The first-order valence-electron chi connectivity index (χ1n) is 4.16. The molecule has 0 N–H and O–H groups in total. The average molecular weight is 178 g/mol. The zero-order valence-corrected chi connectivity index (χ0v) is 8.23. The molecule has 0 aliphatic heterocycles. The minimum Gasteiger partial charge on any atom is -0.0843 e. The highest BCUT2D eigenvalue weighted by Gasteiger charge is 2.05. The van der Waals surface area contributed by atoms with Crippen molar-refractivity contribution in [2.75, 3.05) is 0 Å². The zero-order valence-electron chi connectivity index (χ0n) is 7.47. The molecule has 0 heterocycles. The Kier molecular flexibility index (Phi) is 3.22. The second-order valence-electron chi connectivity index (χ2n) is 3.02. The minimum absolute atomic E-state index is 0.141. The van der Waals surface area contributed by atoms with Crippen LogP contribution >= 0.6 is 11.6 Å². The van der Waals surface area contributed by atoms with Gasteiger partial charge in [0.25, 0.3) is 0 Å². The lowest BCUT2D eigenvalue weighted by atomic mass is 9.77. The Morgan fingerprint density at radius 3 is 2.67 bits per heavy atom. The fraction of sp³-hybridized carbons (Fsp3) is 0.400. The Hall–Kier alpha value is -0.425. The molecule has 0 nitrogen and oxygen atoms in total. The summed E-state index contributed by atoms with van der Waals surface area (Å²) in [5.41, 5.74) is 2.37. The predicted octanol–water partition coefficient (Wildman–Crippen LogP) is 3.27. The molecule has 0 fully saturated rings. The molecule has 0 saturated heterocycles. The van der Waals surface area contributed by atoms with Gasteiger partial charge >= 0.3 is 0 Å². The topological polar surface area (TPSA) is 0 Å². The van der Waals surface area contributed by atoms with E-state index in [9.17, 15) is 0 Å². The van der Waals surface area contributed by atoms with E-state index in [1.165, 1.54) is 11.1 Å². The molecule has 1 rings (SSSR count). The van der Waals surface area contributed by atoms with E-state index in [0.29, 0.717) is 0 Å². The maximum atomic E-state index is 5.90. The van der Waals surface area contributed by atoms with Gasteiger partial charge in [0, 0.05) is 5.02 Å². The lowest BCUT2D eigenvalue weighted by molar-refractivity contribution is 0.874. The van der Waals surface area contributed by atoms with Crippen molar-refractivity contribution in [2.45, 2.75) is 26.1 Å². The highest BCUT2D eigenvalue weighted by molar-refractivity contribution is 6.30. The third-order valence-corrected chi connectivity index (χ3v) is 2.31. The zero-order chi connectivity index (χ0) is 9.14. The molecule has 1 unspecified atom stereocenters. The largest absolute Gasteiger partial charge is 0.0843 e. The molecule has 12 heavy (non-hydrogen) atoms. The average Bonchev–Trinajstić information content (AvgIpc) is 2.03. The van der Waals surface area contributed by atoms with Crippen LogP contribution in [0.5, 0.6) is 0 Å². The molecule has 2 radical (unpaired) electrons.